The fourth-order valence-electron chi connectivity index (χ4n) is 2.55. The molecule has 1 aliphatic heterocycles. The quantitative estimate of drug-likeness (QED) is 0.817. The van der Waals surface area contributed by atoms with Crippen molar-refractivity contribution in [3.8, 4) is 0 Å². The Labute approximate surface area is 131 Å². The Morgan fingerprint density at radius 3 is 2.29 bits per heavy atom. The number of amides is 2. The predicted molar refractivity (Wildman–Crippen MR) is 79.3 cm³/mol. The molecular weight excluding hydrogens is 339 g/mol. The molecule has 0 atom stereocenters. The minimum Gasteiger partial charge on any atom is -0.339 e. The van der Waals surface area contributed by atoms with E-state index in [1.54, 1.807) is 4.90 Å². The lowest BCUT2D eigenvalue weighted by atomic mass is 10.1. The average Bonchev–Trinajstić information content (AvgIpc) is 3.31. The fraction of sp³-hybridized carbons (Fsp3) is 0.467. The zero-order valence-corrected chi connectivity index (χ0v) is 13.1. The third kappa shape index (κ3) is 3.10. The third-order valence-corrected chi connectivity index (χ3v) is 4.62. The molecule has 1 saturated heterocycles. The molecule has 2 fully saturated rings. The fourth-order valence-corrected chi connectivity index (χ4v) is 3.07. The molecule has 1 aromatic rings. The van der Waals surface area contributed by atoms with Gasteiger partial charge in [-0.25, -0.2) is 4.39 Å². The van der Waals surface area contributed by atoms with E-state index in [-0.39, 0.29) is 23.5 Å². The highest BCUT2D eigenvalue weighted by Gasteiger charge is 2.35. The zero-order valence-electron chi connectivity index (χ0n) is 11.5. The standard InChI is InChI=1S/C15H16BrFN2O2/c16-13-9-11(17)3-4-12(13)15(21)19-7-5-18(6-8-19)14(20)10-1-2-10/h3-4,9-10H,1-2,5-8H2. The SMILES string of the molecule is O=C(c1ccc(F)cc1Br)N1CCN(C(=O)C2CC2)CC1. The van der Waals surface area contributed by atoms with Gasteiger partial charge < -0.3 is 9.80 Å². The van der Waals surface area contributed by atoms with Crippen molar-refractivity contribution >= 4 is 27.7 Å². The summed E-state index contributed by atoms with van der Waals surface area (Å²) < 4.78 is 13.5. The van der Waals surface area contributed by atoms with E-state index in [0.29, 0.717) is 36.2 Å². The van der Waals surface area contributed by atoms with Crippen molar-refractivity contribution in [1.29, 1.82) is 0 Å². The molecular formula is C15H16BrFN2O2. The van der Waals surface area contributed by atoms with Crippen molar-refractivity contribution in [2.24, 2.45) is 5.92 Å². The van der Waals surface area contributed by atoms with Crippen LogP contribution in [0, 0.1) is 11.7 Å². The predicted octanol–water partition coefficient (Wildman–Crippen LogP) is 2.28. The second-order valence-electron chi connectivity index (χ2n) is 5.52. The summed E-state index contributed by atoms with van der Waals surface area (Å²) in [6.45, 7) is 2.22. The first-order valence-corrected chi connectivity index (χ1v) is 7.88. The summed E-state index contributed by atoms with van der Waals surface area (Å²) in [4.78, 5) is 28.0. The molecule has 112 valence electrons. The minimum absolute atomic E-state index is 0.125. The molecule has 0 N–H and O–H groups in total. The van der Waals surface area contributed by atoms with E-state index in [1.165, 1.54) is 18.2 Å². The van der Waals surface area contributed by atoms with Gasteiger partial charge in [0.05, 0.1) is 5.56 Å². The van der Waals surface area contributed by atoms with Crippen LogP contribution in [0.5, 0.6) is 0 Å². The van der Waals surface area contributed by atoms with E-state index in [0.717, 1.165) is 12.8 Å². The molecule has 1 heterocycles. The lowest BCUT2D eigenvalue weighted by molar-refractivity contribution is -0.134. The second kappa shape index (κ2) is 5.75. The Kier molecular flexibility index (Phi) is 3.97. The molecule has 1 aliphatic carbocycles. The zero-order chi connectivity index (χ0) is 15.0. The van der Waals surface area contributed by atoms with E-state index < -0.39 is 0 Å². The summed E-state index contributed by atoms with van der Waals surface area (Å²) in [6.07, 6.45) is 2.00. The summed E-state index contributed by atoms with van der Waals surface area (Å²) in [5.74, 6) is -0.0535. The van der Waals surface area contributed by atoms with Gasteiger partial charge in [0.2, 0.25) is 5.91 Å². The Hall–Kier alpha value is -1.43. The molecule has 4 nitrogen and oxygen atoms in total. The first-order valence-electron chi connectivity index (χ1n) is 7.09. The van der Waals surface area contributed by atoms with Gasteiger partial charge in [-0.15, -0.1) is 0 Å². The highest BCUT2D eigenvalue weighted by Crippen LogP contribution is 2.31. The van der Waals surface area contributed by atoms with Crippen molar-refractivity contribution in [2.75, 3.05) is 26.2 Å². The van der Waals surface area contributed by atoms with E-state index in [2.05, 4.69) is 15.9 Å². The molecule has 0 radical (unpaired) electrons. The lowest BCUT2D eigenvalue weighted by Gasteiger charge is -2.35. The molecule has 0 unspecified atom stereocenters. The van der Waals surface area contributed by atoms with Crippen molar-refractivity contribution in [1.82, 2.24) is 9.80 Å². The molecule has 6 heteroatoms. The average molecular weight is 355 g/mol. The maximum absolute atomic E-state index is 13.1. The van der Waals surface area contributed by atoms with Crippen LogP contribution in [0.4, 0.5) is 4.39 Å². The summed E-state index contributed by atoms with van der Waals surface area (Å²) in [5.41, 5.74) is 0.457. The van der Waals surface area contributed by atoms with Crippen molar-refractivity contribution < 1.29 is 14.0 Å². The summed E-state index contributed by atoms with van der Waals surface area (Å²) >= 11 is 3.22. The maximum atomic E-state index is 13.1. The number of benzene rings is 1. The monoisotopic (exact) mass is 354 g/mol. The Bertz CT molecular complexity index is 581. The normalized spacial score (nSPS) is 18.8. The number of carbonyl (C=O) groups excluding carboxylic acids is 2. The van der Waals surface area contributed by atoms with Gasteiger partial charge in [0.1, 0.15) is 5.82 Å². The van der Waals surface area contributed by atoms with E-state index in [1.807, 2.05) is 4.90 Å². The number of hydrogen-bond donors (Lipinski definition) is 0. The first-order chi connectivity index (χ1) is 10.1. The first kappa shape index (κ1) is 14.5. The third-order valence-electron chi connectivity index (χ3n) is 3.97. The van der Waals surface area contributed by atoms with Crippen LogP contribution in [-0.4, -0.2) is 47.8 Å². The van der Waals surface area contributed by atoms with Gasteiger partial charge in [-0.3, -0.25) is 9.59 Å². The van der Waals surface area contributed by atoms with Gasteiger partial charge in [0, 0.05) is 36.6 Å². The van der Waals surface area contributed by atoms with Crippen LogP contribution in [0.1, 0.15) is 23.2 Å². The number of carbonyl (C=O) groups is 2. The number of piperazine rings is 1. The lowest BCUT2D eigenvalue weighted by Crippen LogP contribution is -2.51. The van der Waals surface area contributed by atoms with Crippen molar-refractivity contribution in [3.05, 3.63) is 34.1 Å². The van der Waals surface area contributed by atoms with Gasteiger partial charge in [0.15, 0.2) is 0 Å². The number of nitrogens with zero attached hydrogens (tertiary/aromatic N) is 2. The maximum Gasteiger partial charge on any atom is 0.255 e. The molecule has 0 spiro atoms. The highest BCUT2D eigenvalue weighted by atomic mass is 79.9. The Morgan fingerprint density at radius 1 is 1.10 bits per heavy atom. The smallest absolute Gasteiger partial charge is 0.255 e. The summed E-state index contributed by atoms with van der Waals surface area (Å²) in [6, 6.07) is 4.06. The van der Waals surface area contributed by atoms with Crippen LogP contribution in [-0.2, 0) is 4.79 Å². The van der Waals surface area contributed by atoms with Crippen LogP contribution in [0.15, 0.2) is 22.7 Å². The van der Waals surface area contributed by atoms with Crippen LogP contribution in [0.2, 0.25) is 0 Å². The van der Waals surface area contributed by atoms with Gasteiger partial charge in [-0.05, 0) is 47.0 Å². The molecule has 0 bridgehead atoms. The summed E-state index contributed by atoms with van der Waals surface area (Å²) in [5, 5.41) is 0. The topological polar surface area (TPSA) is 40.6 Å². The molecule has 2 amide bonds. The Morgan fingerprint density at radius 2 is 1.71 bits per heavy atom. The second-order valence-corrected chi connectivity index (χ2v) is 6.37. The van der Waals surface area contributed by atoms with Gasteiger partial charge in [0.25, 0.3) is 5.91 Å². The molecule has 1 aromatic carbocycles. The van der Waals surface area contributed by atoms with Gasteiger partial charge in [-0.2, -0.15) is 0 Å². The van der Waals surface area contributed by atoms with Crippen LogP contribution in [0.25, 0.3) is 0 Å². The number of hydrogen-bond acceptors (Lipinski definition) is 2. The van der Waals surface area contributed by atoms with Crippen LogP contribution < -0.4 is 0 Å². The molecule has 3 rings (SSSR count). The Balaban J connectivity index is 1.63. The van der Waals surface area contributed by atoms with E-state index >= 15 is 0 Å². The number of rotatable bonds is 2. The van der Waals surface area contributed by atoms with Crippen LogP contribution >= 0.6 is 15.9 Å². The van der Waals surface area contributed by atoms with Gasteiger partial charge >= 0.3 is 0 Å². The summed E-state index contributed by atoms with van der Waals surface area (Å²) in [7, 11) is 0. The largest absolute Gasteiger partial charge is 0.339 e. The van der Waals surface area contributed by atoms with E-state index in [9.17, 15) is 14.0 Å². The molecule has 0 aromatic heterocycles. The molecule has 1 saturated carbocycles. The van der Waals surface area contributed by atoms with Gasteiger partial charge in [-0.1, -0.05) is 0 Å². The van der Waals surface area contributed by atoms with Crippen molar-refractivity contribution in [3.63, 3.8) is 0 Å². The van der Waals surface area contributed by atoms with Crippen molar-refractivity contribution in [2.45, 2.75) is 12.8 Å². The van der Waals surface area contributed by atoms with Crippen LogP contribution in [0.3, 0.4) is 0 Å². The minimum atomic E-state index is -0.377. The number of halogens is 2. The van der Waals surface area contributed by atoms with E-state index in [4.69, 9.17) is 0 Å². The molecule has 21 heavy (non-hydrogen) atoms. The highest BCUT2D eigenvalue weighted by molar-refractivity contribution is 9.10. The molecule has 2 aliphatic rings.